The number of fused-ring (bicyclic) bond motifs is 1. The third kappa shape index (κ3) is 2.05. The number of hydrogen-bond acceptors (Lipinski definition) is 2. The van der Waals surface area contributed by atoms with E-state index in [1.807, 2.05) is 31.2 Å². The lowest BCUT2D eigenvalue weighted by atomic mass is 9.76. The van der Waals surface area contributed by atoms with Gasteiger partial charge in [-0.05, 0) is 37.3 Å². The molecule has 0 saturated heterocycles. The van der Waals surface area contributed by atoms with Gasteiger partial charge in [0.15, 0.2) is 0 Å². The van der Waals surface area contributed by atoms with Gasteiger partial charge in [0.05, 0.1) is 11.1 Å². The molecule has 0 aliphatic heterocycles. The zero-order chi connectivity index (χ0) is 15.2. The van der Waals surface area contributed by atoms with Crippen LogP contribution < -0.4 is 0 Å². The van der Waals surface area contributed by atoms with Gasteiger partial charge in [0, 0.05) is 12.6 Å². The number of nitrogens with zero attached hydrogens (tertiary/aromatic N) is 2. The first-order chi connectivity index (χ1) is 9.95. The van der Waals surface area contributed by atoms with Crippen LogP contribution >= 0.6 is 11.6 Å². The fourth-order valence-corrected chi connectivity index (χ4v) is 3.59. The maximum absolute atomic E-state index is 12.0. The molecule has 0 amide bonds. The Kier molecular flexibility index (Phi) is 3.29. The number of halogens is 1. The lowest BCUT2D eigenvalue weighted by molar-refractivity contribution is -0.143. The molecule has 0 spiro atoms. The van der Waals surface area contributed by atoms with Crippen LogP contribution in [0.1, 0.15) is 28.8 Å². The summed E-state index contributed by atoms with van der Waals surface area (Å²) in [6, 6.07) is 7.80. The highest BCUT2D eigenvalue weighted by Crippen LogP contribution is 2.43. The number of benzene rings is 1. The van der Waals surface area contributed by atoms with Crippen molar-refractivity contribution >= 4 is 17.6 Å². The smallest absolute Gasteiger partial charge is 0.314 e. The van der Waals surface area contributed by atoms with Crippen LogP contribution in [0, 0.1) is 6.92 Å². The molecule has 5 heteroatoms. The fourth-order valence-electron chi connectivity index (χ4n) is 3.35. The molecule has 1 aliphatic rings. The summed E-state index contributed by atoms with van der Waals surface area (Å²) in [6.45, 7) is 1.87. The summed E-state index contributed by atoms with van der Waals surface area (Å²) in [7, 11) is 1.77. The van der Waals surface area contributed by atoms with Crippen molar-refractivity contribution in [3.63, 3.8) is 0 Å². The molecule has 0 radical (unpaired) electrons. The quantitative estimate of drug-likeness (QED) is 0.948. The molecular weight excluding hydrogens is 288 g/mol. The molecule has 0 saturated carbocycles. The highest BCUT2D eigenvalue weighted by atomic mass is 35.5. The van der Waals surface area contributed by atoms with E-state index < -0.39 is 11.4 Å². The summed E-state index contributed by atoms with van der Waals surface area (Å²) in [5.74, 6) is -0.785. The van der Waals surface area contributed by atoms with Gasteiger partial charge in [-0.3, -0.25) is 9.48 Å². The molecular formula is C16H17ClN2O2. The summed E-state index contributed by atoms with van der Waals surface area (Å²) in [5.41, 5.74) is 2.77. The number of aliphatic carboxylic acids is 1. The second-order valence-electron chi connectivity index (χ2n) is 5.70. The second kappa shape index (κ2) is 4.88. The van der Waals surface area contributed by atoms with Gasteiger partial charge in [0.25, 0.3) is 0 Å². The minimum absolute atomic E-state index is 0.387. The first-order valence-corrected chi connectivity index (χ1v) is 7.33. The normalized spacial score (nSPS) is 20.5. The van der Waals surface area contributed by atoms with E-state index in [9.17, 15) is 9.90 Å². The first kappa shape index (κ1) is 14.1. The van der Waals surface area contributed by atoms with Gasteiger partial charge in [-0.1, -0.05) is 35.9 Å². The Labute approximate surface area is 128 Å². The van der Waals surface area contributed by atoms with E-state index in [0.29, 0.717) is 18.0 Å². The van der Waals surface area contributed by atoms with Crippen molar-refractivity contribution in [1.82, 2.24) is 9.78 Å². The fraction of sp³-hybridized carbons (Fsp3) is 0.375. The second-order valence-corrected chi connectivity index (χ2v) is 6.06. The Morgan fingerprint density at radius 1 is 1.48 bits per heavy atom. The molecule has 21 heavy (non-hydrogen) atoms. The number of hydrogen-bond donors (Lipinski definition) is 1. The van der Waals surface area contributed by atoms with E-state index in [2.05, 4.69) is 5.10 Å². The number of carboxylic acid groups (broad SMARTS) is 1. The standard InChI is InChI=1S/C16H17ClN2O2/c1-10-12(14(17)19(2)18-10)9-16(15(20)21)8-7-11-5-3-4-6-13(11)16/h3-6H,7-9H2,1-2H3,(H,20,21). The average molecular weight is 305 g/mol. The van der Waals surface area contributed by atoms with E-state index in [1.165, 1.54) is 0 Å². The number of carboxylic acids is 1. The summed E-state index contributed by atoms with van der Waals surface area (Å²) in [6.07, 6.45) is 1.78. The molecule has 3 rings (SSSR count). The van der Waals surface area contributed by atoms with Gasteiger partial charge < -0.3 is 5.11 Å². The van der Waals surface area contributed by atoms with Crippen molar-refractivity contribution in [3.05, 3.63) is 51.8 Å². The van der Waals surface area contributed by atoms with Crippen molar-refractivity contribution in [1.29, 1.82) is 0 Å². The van der Waals surface area contributed by atoms with Crippen LogP contribution in [0.25, 0.3) is 0 Å². The van der Waals surface area contributed by atoms with E-state index >= 15 is 0 Å². The lowest BCUT2D eigenvalue weighted by Crippen LogP contribution is -2.36. The number of rotatable bonds is 3. The van der Waals surface area contributed by atoms with Gasteiger partial charge in [0.2, 0.25) is 0 Å². The highest BCUT2D eigenvalue weighted by Gasteiger charge is 2.46. The maximum Gasteiger partial charge on any atom is 0.314 e. The molecule has 0 fully saturated rings. The SMILES string of the molecule is Cc1nn(C)c(Cl)c1CC1(C(=O)O)CCc2ccccc21. The number of aromatic nitrogens is 2. The first-order valence-electron chi connectivity index (χ1n) is 6.95. The van der Waals surface area contributed by atoms with Gasteiger partial charge >= 0.3 is 5.97 Å². The van der Waals surface area contributed by atoms with Crippen molar-refractivity contribution in [3.8, 4) is 0 Å². The van der Waals surface area contributed by atoms with Gasteiger partial charge in [-0.2, -0.15) is 5.10 Å². The molecule has 110 valence electrons. The van der Waals surface area contributed by atoms with Crippen molar-refractivity contribution in [2.24, 2.45) is 7.05 Å². The van der Waals surface area contributed by atoms with Crippen molar-refractivity contribution in [2.75, 3.05) is 0 Å². The van der Waals surface area contributed by atoms with Crippen LogP contribution in [-0.4, -0.2) is 20.9 Å². The van der Waals surface area contributed by atoms with Crippen molar-refractivity contribution in [2.45, 2.75) is 31.6 Å². The average Bonchev–Trinajstić information content (AvgIpc) is 2.94. The minimum atomic E-state index is -0.895. The minimum Gasteiger partial charge on any atom is -0.481 e. The van der Waals surface area contributed by atoms with Gasteiger partial charge in [0.1, 0.15) is 5.15 Å². The molecule has 1 aromatic carbocycles. The van der Waals surface area contributed by atoms with Crippen LogP contribution in [-0.2, 0) is 30.1 Å². The lowest BCUT2D eigenvalue weighted by Gasteiger charge is -2.25. The van der Waals surface area contributed by atoms with E-state index in [0.717, 1.165) is 28.8 Å². The largest absolute Gasteiger partial charge is 0.481 e. The Morgan fingerprint density at radius 3 is 2.81 bits per heavy atom. The monoisotopic (exact) mass is 304 g/mol. The van der Waals surface area contributed by atoms with Crippen LogP contribution in [0.15, 0.2) is 24.3 Å². The Balaban J connectivity index is 2.11. The molecule has 1 unspecified atom stereocenters. The molecule has 1 N–H and O–H groups in total. The van der Waals surface area contributed by atoms with Gasteiger partial charge in [-0.25, -0.2) is 0 Å². The van der Waals surface area contributed by atoms with E-state index in [4.69, 9.17) is 11.6 Å². The Bertz CT molecular complexity index is 723. The Hall–Kier alpha value is -1.81. The molecule has 1 aliphatic carbocycles. The predicted octanol–water partition coefficient (Wildman–Crippen LogP) is 2.89. The zero-order valence-electron chi connectivity index (χ0n) is 12.1. The summed E-state index contributed by atoms with van der Waals surface area (Å²) in [4.78, 5) is 12.0. The van der Waals surface area contributed by atoms with Gasteiger partial charge in [-0.15, -0.1) is 0 Å². The molecule has 2 aromatic rings. The third-order valence-electron chi connectivity index (χ3n) is 4.51. The molecule has 0 bridgehead atoms. The molecule has 4 nitrogen and oxygen atoms in total. The molecule has 1 aromatic heterocycles. The van der Waals surface area contributed by atoms with E-state index in [1.54, 1.807) is 11.7 Å². The number of carbonyl (C=O) groups is 1. The molecule has 1 heterocycles. The highest BCUT2D eigenvalue weighted by molar-refractivity contribution is 6.30. The zero-order valence-corrected chi connectivity index (χ0v) is 12.8. The Morgan fingerprint density at radius 2 is 2.19 bits per heavy atom. The van der Waals surface area contributed by atoms with Crippen molar-refractivity contribution < 1.29 is 9.90 Å². The maximum atomic E-state index is 12.0. The summed E-state index contributed by atoms with van der Waals surface area (Å²) < 4.78 is 1.60. The van der Waals surface area contributed by atoms with E-state index in [-0.39, 0.29) is 0 Å². The third-order valence-corrected chi connectivity index (χ3v) is 4.98. The van der Waals surface area contributed by atoms with Crippen LogP contribution in [0.3, 0.4) is 0 Å². The van der Waals surface area contributed by atoms with Crippen LogP contribution in [0.4, 0.5) is 0 Å². The molecule has 1 atom stereocenters. The van der Waals surface area contributed by atoms with Crippen LogP contribution in [0.2, 0.25) is 5.15 Å². The summed E-state index contributed by atoms with van der Waals surface area (Å²) >= 11 is 6.29. The topological polar surface area (TPSA) is 55.1 Å². The van der Waals surface area contributed by atoms with Crippen LogP contribution in [0.5, 0.6) is 0 Å². The number of aryl methyl sites for hydroxylation is 3. The predicted molar refractivity (Wildman–Crippen MR) is 80.7 cm³/mol. The summed E-state index contributed by atoms with van der Waals surface area (Å²) in [5, 5.41) is 14.7.